The Kier molecular flexibility index (Phi) is 41.9. The minimum absolute atomic E-state index is 0.0113. The molecule has 0 radical (unpaired) electrons. The Hall–Kier alpha value is -12.8. The lowest BCUT2D eigenvalue weighted by molar-refractivity contribution is -0.121. The number of hydrogen-bond acceptors (Lipinski definition) is 32. The van der Waals surface area contributed by atoms with E-state index in [1.165, 1.54) is 108 Å². The number of nitrogens with one attached hydrogen (secondary N) is 2. The van der Waals surface area contributed by atoms with Gasteiger partial charge in [-0.15, -0.1) is 56.7 Å². The summed E-state index contributed by atoms with van der Waals surface area (Å²) in [6.45, 7) is 14.2. The Morgan fingerprint density at radius 2 is 0.779 bits per heavy atom. The predicted octanol–water partition coefficient (Wildman–Crippen LogP) is 19.9. The highest BCUT2D eigenvalue weighted by molar-refractivity contribution is 9.09. The molecular formula is C95H105BrN12O18S5. The first-order valence-corrected chi connectivity index (χ1v) is 45.8. The van der Waals surface area contributed by atoms with Crippen LogP contribution in [0.5, 0.6) is 0 Å². The van der Waals surface area contributed by atoms with Gasteiger partial charge in [0, 0.05) is 122 Å². The van der Waals surface area contributed by atoms with Gasteiger partial charge in [0.05, 0.1) is 104 Å². The second kappa shape index (κ2) is 52.1. The fourth-order valence-electron chi connectivity index (χ4n) is 11.6. The van der Waals surface area contributed by atoms with Crippen molar-refractivity contribution in [1.29, 1.82) is 5.26 Å². The van der Waals surface area contributed by atoms with Crippen molar-refractivity contribution in [2.45, 2.75) is 98.4 Å². The van der Waals surface area contributed by atoms with Crippen LogP contribution >= 0.6 is 72.6 Å². The fourth-order valence-corrected chi connectivity index (χ4v) is 15.7. The van der Waals surface area contributed by atoms with Gasteiger partial charge >= 0.3 is 36.1 Å². The van der Waals surface area contributed by atoms with E-state index in [4.69, 9.17) is 28.9 Å². The number of likely N-dealkylation sites (tertiary alicyclic amines) is 1. The van der Waals surface area contributed by atoms with Crippen LogP contribution in [-0.4, -0.2) is 195 Å². The molecule has 6 heterocycles. The van der Waals surface area contributed by atoms with Crippen molar-refractivity contribution in [1.82, 2.24) is 29.8 Å². The summed E-state index contributed by atoms with van der Waals surface area (Å²) in [5.41, 5.74) is 13.6. The van der Waals surface area contributed by atoms with Gasteiger partial charge in [0.2, 0.25) is 0 Å². The quantitative estimate of drug-likeness (QED) is 0.0176. The first-order valence-electron chi connectivity index (χ1n) is 40.3. The number of hydrogen-bond donors (Lipinski definition) is 3. The summed E-state index contributed by atoms with van der Waals surface area (Å²) in [5.74, 6) is -1.80. The van der Waals surface area contributed by atoms with E-state index in [2.05, 4.69) is 95.5 Å². The number of likely N-dealkylation sites (N-methyl/N-ethyl adjacent to an activating group) is 1. The van der Waals surface area contributed by atoms with Crippen LogP contribution in [0.15, 0.2) is 197 Å². The molecule has 30 nitrogen and oxygen atoms in total. The molecule has 0 spiro atoms. The summed E-state index contributed by atoms with van der Waals surface area (Å²) < 4.78 is 39.4. The first-order chi connectivity index (χ1) is 62.5. The van der Waals surface area contributed by atoms with Crippen LogP contribution in [0.2, 0.25) is 0 Å². The highest BCUT2D eigenvalue weighted by Crippen LogP contribution is 2.34. The number of thiazole rings is 5. The van der Waals surface area contributed by atoms with E-state index >= 15 is 0 Å². The van der Waals surface area contributed by atoms with Crippen molar-refractivity contribution < 1.29 is 86.2 Å². The van der Waals surface area contributed by atoms with Crippen molar-refractivity contribution in [3.8, 4) is 62.5 Å². The molecule has 13 rings (SSSR count). The maximum atomic E-state index is 12.7. The lowest BCUT2D eigenvalue weighted by Crippen LogP contribution is -2.42. The minimum Gasteiger partial charge on any atom is -0.465 e. The minimum atomic E-state index is -0.569. The Bertz CT molecular complexity index is 5840. The number of aliphatic hydroxyl groups excluding tert-OH is 1. The van der Waals surface area contributed by atoms with Crippen LogP contribution in [0.3, 0.4) is 0 Å². The van der Waals surface area contributed by atoms with Crippen LogP contribution in [0.1, 0.15) is 140 Å². The van der Waals surface area contributed by atoms with E-state index in [1.807, 2.05) is 150 Å². The number of halogens is 1. The number of aromatic nitrogens is 5. The smallest absolute Gasteiger partial charge is 0.416 e. The van der Waals surface area contributed by atoms with E-state index in [9.17, 15) is 48.3 Å². The third-order valence-electron chi connectivity index (χ3n) is 18.2. The van der Waals surface area contributed by atoms with Crippen molar-refractivity contribution >= 4 is 152 Å². The summed E-state index contributed by atoms with van der Waals surface area (Å²) in [7, 11) is 17.4. The molecule has 1 saturated heterocycles. The number of carbonyl (C=O) groups is 9. The van der Waals surface area contributed by atoms with Gasteiger partial charge in [-0.25, -0.2) is 53.7 Å². The molecule has 0 aliphatic carbocycles. The van der Waals surface area contributed by atoms with Crippen LogP contribution < -0.4 is 25.3 Å². The molecule has 36 heteroatoms. The summed E-state index contributed by atoms with van der Waals surface area (Å²) in [4.78, 5) is 133. The predicted molar refractivity (Wildman–Crippen MR) is 519 cm³/mol. The summed E-state index contributed by atoms with van der Waals surface area (Å²) in [6, 6.07) is 50.6. The average Bonchev–Trinajstić information content (AvgIpc) is 1.68. The SMILES string of the molecule is CN(C(=O)OC(C)(C)C)c1nc(-c2cccc(CO)c2)cs1.CNc1nc(-c2cccc(C(=O)OC)c2)cs1.CNc1nc(-c2cccc(COC)c2)cs1.COC(=O)c1cccc(-c2csc(N(C)C(=O)OC(C)(C)C)n2)c1.COC(=O)c1cccc(C(=O)CBr)c1.COC(=O)c1cccc(C(C)=O)c1.COCc1cccc(-c2csc(N(C)C(=O)[C@@H]3CCCN3C#N)n2)c1. The number of nitrogens with zero attached hydrogens (tertiary/aromatic N) is 10. The first kappa shape index (κ1) is 105. The van der Waals surface area contributed by atoms with Gasteiger partial charge in [-0.3, -0.25) is 34.0 Å². The topological polar surface area (TPSA) is 373 Å². The standard InChI is InChI=1S/C18H20N4O2S.C17H20N2O4S.C16H20N2O3S.C12H12N2O2S.C12H14N2OS.C10H9BrO3.C10H10O3/c1-21(17(23)16-7-4-8-22(16)12-19)18-20-15(11-25-18)14-6-3-5-13(9-14)10-24-2;1-17(2,3)23-16(21)19(4)15-18-13(10-24-15)11-7-6-8-12(9-11)14(20)22-5;1-16(2,3)21-15(20)18(4)14-17-13(10-22-14)12-7-5-6-11(8-12)9-19;1-13-12-14-10(7-17-12)8-4-3-5-9(6-8)11(15)16-2;1-13-12-14-11(8-16-12)10-5-3-4-9(6-10)7-15-2;1-14-10(13)8-4-2-3-7(5-8)9(12)6-11;1-7(11)8-4-3-5-9(6-8)10(12)13-2/h3,5-6,9,11,16H,4,7-8,10H2,1-2H3;6-10H,1-5H3;5-8,10,19H,9H2,1-4H3;3-7H,1-2H3,(H,13,14);3-6,8H,7H2,1-2H3,(H,13,14);2-5H,6H2,1H3;3-6H,1-2H3/t16-;;;;;;/m0....../s1. The number of anilines is 5. The number of amides is 3. The number of rotatable bonds is 23. The van der Waals surface area contributed by atoms with Crippen LogP contribution in [-0.2, 0) is 62.5 Å². The van der Waals surface area contributed by atoms with Gasteiger partial charge in [-0.2, -0.15) is 5.26 Å². The Morgan fingerprint density at radius 1 is 0.458 bits per heavy atom. The molecule has 3 amide bonds. The number of carbonyl (C=O) groups excluding carboxylic acids is 9. The highest BCUT2D eigenvalue weighted by Gasteiger charge is 2.34. The summed E-state index contributed by atoms with van der Waals surface area (Å²) in [6.07, 6.45) is 2.79. The number of alkyl halides is 1. The molecule has 7 aromatic carbocycles. The molecule has 131 heavy (non-hydrogen) atoms. The molecule has 0 saturated carbocycles. The second-order valence-electron chi connectivity index (χ2n) is 30.1. The van der Waals surface area contributed by atoms with Crippen LogP contribution in [0, 0.1) is 11.5 Å². The van der Waals surface area contributed by atoms with E-state index in [0.717, 1.165) is 78.4 Å². The van der Waals surface area contributed by atoms with Crippen LogP contribution in [0.4, 0.5) is 35.2 Å². The average molecular weight is 1940 g/mol. The van der Waals surface area contributed by atoms with Gasteiger partial charge in [0.25, 0.3) is 5.91 Å². The molecule has 690 valence electrons. The van der Waals surface area contributed by atoms with Crippen LogP contribution in [0.25, 0.3) is 56.3 Å². The molecule has 1 aliphatic rings. The molecule has 0 bridgehead atoms. The number of esters is 4. The fraction of sp³-hybridized carbons (Fsp3) is 0.295. The molecule has 12 aromatic rings. The Balaban J connectivity index is 0.000000211. The van der Waals surface area contributed by atoms with E-state index in [1.54, 1.807) is 123 Å². The van der Waals surface area contributed by atoms with Gasteiger partial charge in [-0.05, 0) is 145 Å². The van der Waals surface area contributed by atoms with Gasteiger partial charge < -0.3 is 53.6 Å². The zero-order chi connectivity index (χ0) is 96.1. The number of Topliss-reactive ketones (excluding diaryl/α,β-unsaturated/α-hetero) is 2. The summed E-state index contributed by atoms with van der Waals surface area (Å²) >= 11 is 10.3. The molecule has 0 unspecified atom stereocenters. The normalized spacial score (nSPS) is 11.6. The maximum Gasteiger partial charge on any atom is 0.416 e. The van der Waals surface area contributed by atoms with Gasteiger partial charge in [0.15, 0.2) is 43.4 Å². The van der Waals surface area contributed by atoms with Crippen molar-refractivity contribution in [2.75, 3.05) is 115 Å². The number of benzene rings is 7. The largest absolute Gasteiger partial charge is 0.465 e. The van der Waals surface area contributed by atoms with Gasteiger partial charge in [0.1, 0.15) is 17.2 Å². The lowest BCUT2D eigenvalue weighted by atomic mass is 10.1. The number of methoxy groups -OCH3 is 6. The molecule has 5 aromatic heterocycles. The summed E-state index contributed by atoms with van der Waals surface area (Å²) in [5, 5.41) is 37.8. The molecular weight excluding hydrogens is 1840 g/mol. The van der Waals surface area contributed by atoms with Crippen molar-refractivity contribution in [3.63, 3.8) is 0 Å². The van der Waals surface area contributed by atoms with Crippen molar-refractivity contribution in [2.24, 2.45) is 0 Å². The number of ether oxygens (including phenoxy) is 8. The zero-order valence-electron chi connectivity index (χ0n) is 75.9. The van der Waals surface area contributed by atoms with E-state index in [-0.39, 0.29) is 41.4 Å². The number of nitriles is 1. The third-order valence-corrected chi connectivity index (χ3v) is 23.1. The van der Waals surface area contributed by atoms with E-state index < -0.39 is 41.3 Å². The second-order valence-corrected chi connectivity index (χ2v) is 34.9. The van der Waals surface area contributed by atoms with Crippen molar-refractivity contribution in [3.05, 3.63) is 247 Å². The maximum absolute atomic E-state index is 12.7. The monoisotopic (exact) mass is 1940 g/mol. The molecule has 1 aliphatic heterocycles. The Morgan fingerprint density at radius 3 is 1.12 bits per heavy atom. The van der Waals surface area contributed by atoms with E-state index in [0.29, 0.717) is 80.6 Å². The molecule has 1 atom stereocenters. The Labute approximate surface area is 790 Å². The molecule has 1 fully saturated rings. The lowest BCUT2D eigenvalue weighted by Gasteiger charge is -2.23. The number of aliphatic hydroxyl groups is 1. The number of ketones is 2. The molecule has 3 N–H and O–H groups in total. The van der Waals surface area contributed by atoms with Gasteiger partial charge in [-0.1, -0.05) is 119 Å². The highest BCUT2D eigenvalue weighted by atomic mass is 79.9. The zero-order valence-corrected chi connectivity index (χ0v) is 81.5. The third kappa shape index (κ3) is 32.7.